The van der Waals surface area contributed by atoms with Gasteiger partial charge in [0, 0.05) is 6.42 Å². The predicted octanol–water partition coefficient (Wildman–Crippen LogP) is 1.72. The fourth-order valence-corrected chi connectivity index (χ4v) is 4.42. The molecule has 0 aliphatic carbocycles. The fourth-order valence-electron chi connectivity index (χ4n) is 2.56. The van der Waals surface area contributed by atoms with Crippen LogP contribution in [0.3, 0.4) is 0 Å². The number of methoxy groups -OCH3 is 1. The summed E-state index contributed by atoms with van der Waals surface area (Å²) in [6, 6.07) is 7.42. The molecular formula is C14H16N2O4S. The van der Waals surface area contributed by atoms with E-state index in [-0.39, 0.29) is 17.4 Å². The van der Waals surface area contributed by atoms with Crippen molar-refractivity contribution in [3.63, 3.8) is 0 Å². The van der Waals surface area contributed by atoms with Gasteiger partial charge in [-0.2, -0.15) is 4.98 Å². The third-order valence-corrected chi connectivity index (χ3v) is 5.44. The van der Waals surface area contributed by atoms with Gasteiger partial charge in [-0.05, 0) is 24.5 Å². The van der Waals surface area contributed by atoms with Crippen molar-refractivity contribution >= 4 is 9.84 Å². The molecule has 1 saturated heterocycles. The van der Waals surface area contributed by atoms with Crippen LogP contribution in [0.25, 0.3) is 11.4 Å². The van der Waals surface area contributed by atoms with Crippen LogP contribution >= 0.6 is 0 Å². The van der Waals surface area contributed by atoms with Gasteiger partial charge >= 0.3 is 0 Å². The number of hydrogen-bond acceptors (Lipinski definition) is 6. The molecule has 0 amide bonds. The Balaban J connectivity index is 1.78. The van der Waals surface area contributed by atoms with Crippen molar-refractivity contribution in [2.45, 2.75) is 12.8 Å². The number of ether oxygens (including phenoxy) is 1. The van der Waals surface area contributed by atoms with Crippen molar-refractivity contribution in [1.82, 2.24) is 10.1 Å². The summed E-state index contributed by atoms with van der Waals surface area (Å²) in [5.74, 6) is 2.14. The third-order valence-electron chi connectivity index (χ3n) is 3.61. The van der Waals surface area contributed by atoms with Gasteiger partial charge in [0.2, 0.25) is 11.7 Å². The highest BCUT2D eigenvalue weighted by Crippen LogP contribution is 2.28. The summed E-state index contributed by atoms with van der Waals surface area (Å²) in [7, 11) is -1.29. The molecule has 7 heteroatoms. The van der Waals surface area contributed by atoms with Crippen molar-refractivity contribution in [2.24, 2.45) is 5.92 Å². The molecule has 0 unspecified atom stereocenters. The summed E-state index contributed by atoms with van der Waals surface area (Å²) in [5.41, 5.74) is 0.758. The molecule has 2 heterocycles. The summed E-state index contributed by atoms with van der Waals surface area (Å²) in [5, 5.41) is 3.96. The maximum Gasteiger partial charge on any atom is 0.227 e. The van der Waals surface area contributed by atoms with Crippen LogP contribution in [0.15, 0.2) is 28.8 Å². The average molecular weight is 308 g/mol. The monoisotopic (exact) mass is 308 g/mol. The number of hydrogen-bond donors (Lipinski definition) is 0. The second-order valence-electron chi connectivity index (χ2n) is 5.19. The van der Waals surface area contributed by atoms with Gasteiger partial charge in [-0.1, -0.05) is 17.3 Å². The van der Waals surface area contributed by atoms with Crippen molar-refractivity contribution in [3.8, 4) is 17.1 Å². The van der Waals surface area contributed by atoms with Crippen LogP contribution in [-0.2, 0) is 16.3 Å². The zero-order valence-electron chi connectivity index (χ0n) is 11.7. The van der Waals surface area contributed by atoms with E-state index in [1.54, 1.807) is 7.11 Å². The first-order chi connectivity index (χ1) is 10.1. The molecular weight excluding hydrogens is 292 g/mol. The first-order valence-corrected chi connectivity index (χ1v) is 8.56. The highest BCUT2D eigenvalue weighted by atomic mass is 32.2. The maximum atomic E-state index is 11.5. The number of para-hydroxylation sites is 1. The topological polar surface area (TPSA) is 82.3 Å². The molecule has 0 spiro atoms. The summed E-state index contributed by atoms with van der Waals surface area (Å²) in [4.78, 5) is 4.35. The number of benzene rings is 1. The largest absolute Gasteiger partial charge is 0.496 e. The molecule has 1 aromatic carbocycles. The normalized spacial score (nSPS) is 20.5. The van der Waals surface area contributed by atoms with Crippen LogP contribution in [0, 0.1) is 5.92 Å². The molecule has 0 N–H and O–H groups in total. The molecule has 0 saturated carbocycles. The first kappa shape index (κ1) is 14.1. The van der Waals surface area contributed by atoms with Crippen LogP contribution in [0.5, 0.6) is 5.75 Å². The lowest BCUT2D eigenvalue weighted by atomic mass is 10.1. The second kappa shape index (κ2) is 5.48. The Bertz CT molecular complexity index is 739. The number of sulfone groups is 1. The minimum Gasteiger partial charge on any atom is -0.496 e. The standard InChI is InChI=1S/C14H16N2O4S/c1-19-12-5-3-2-4-11(12)14-15-13(20-16-14)8-10-6-7-21(17,18)9-10/h2-5,10H,6-9H2,1H3/t10-/m0/s1. The van der Waals surface area contributed by atoms with E-state index in [9.17, 15) is 8.42 Å². The average Bonchev–Trinajstić information content (AvgIpc) is 3.06. The predicted molar refractivity (Wildman–Crippen MR) is 76.8 cm³/mol. The van der Waals surface area contributed by atoms with E-state index in [1.165, 1.54) is 0 Å². The molecule has 3 rings (SSSR count). The molecule has 112 valence electrons. The van der Waals surface area contributed by atoms with Gasteiger partial charge < -0.3 is 9.26 Å². The second-order valence-corrected chi connectivity index (χ2v) is 7.41. The zero-order chi connectivity index (χ0) is 14.9. The summed E-state index contributed by atoms with van der Waals surface area (Å²) < 4.78 is 33.4. The van der Waals surface area contributed by atoms with Crippen LogP contribution in [0.4, 0.5) is 0 Å². The summed E-state index contributed by atoms with van der Waals surface area (Å²) in [6.45, 7) is 0. The van der Waals surface area contributed by atoms with Crippen molar-refractivity contribution < 1.29 is 17.7 Å². The van der Waals surface area contributed by atoms with Crippen LogP contribution in [0.2, 0.25) is 0 Å². The molecule has 1 aromatic heterocycles. The van der Waals surface area contributed by atoms with E-state index in [4.69, 9.17) is 9.26 Å². The minimum absolute atomic E-state index is 0.0703. The fraction of sp³-hybridized carbons (Fsp3) is 0.429. The smallest absolute Gasteiger partial charge is 0.227 e. The van der Waals surface area contributed by atoms with E-state index in [0.29, 0.717) is 30.3 Å². The SMILES string of the molecule is COc1ccccc1-c1noc(C[C@@H]2CCS(=O)(=O)C2)n1. The molecule has 0 radical (unpaired) electrons. The number of rotatable bonds is 4. The Morgan fingerprint density at radius 2 is 2.19 bits per heavy atom. The quantitative estimate of drug-likeness (QED) is 0.855. The lowest BCUT2D eigenvalue weighted by Crippen LogP contribution is -2.07. The lowest BCUT2D eigenvalue weighted by Gasteiger charge is -2.03. The van der Waals surface area contributed by atoms with Gasteiger partial charge in [0.25, 0.3) is 0 Å². The highest BCUT2D eigenvalue weighted by Gasteiger charge is 2.29. The zero-order valence-corrected chi connectivity index (χ0v) is 12.5. The van der Waals surface area contributed by atoms with E-state index >= 15 is 0 Å². The van der Waals surface area contributed by atoms with Gasteiger partial charge in [-0.15, -0.1) is 0 Å². The van der Waals surface area contributed by atoms with Crippen molar-refractivity contribution in [1.29, 1.82) is 0 Å². The first-order valence-electron chi connectivity index (χ1n) is 6.74. The third kappa shape index (κ3) is 3.07. The van der Waals surface area contributed by atoms with E-state index in [1.807, 2.05) is 24.3 Å². The molecule has 1 fully saturated rings. The summed E-state index contributed by atoms with van der Waals surface area (Å²) in [6.07, 6.45) is 1.16. The highest BCUT2D eigenvalue weighted by molar-refractivity contribution is 7.91. The van der Waals surface area contributed by atoms with Crippen LogP contribution in [0.1, 0.15) is 12.3 Å². The molecule has 1 atom stereocenters. The molecule has 6 nitrogen and oxygen atoms in total. The Morgan fingerprint density at radius 1 is 1.38 bits per heavy atom. The van der Waals surface area contributed by atoms with Crippen molar-refractivity contribution in [3.05, 3.63) is 30.2 Å². The van der Waals surface area contributed by atoms with Gasteiger partial charge in [-0.25, -0.2) is 8.42 Å². The van der Waals surface area contributed by atoms with Gasteiger partial charge in [0.1, 0.15) is 5.75 Å². The van der Waals surface area contributed by atoms with E-state index in [0.717, 1.165) is 5.56 Å². The molecule has 2 aromatic rings. The van der Waals surface area contributed by atoms with Crippen LogP contribution in [-0.4, -0.2) is 37.2 Å². The van der Waals surface area contributed by atoms with Gasteiger partial charge in [0.15, 0.2) is 9.84 Å². The van der Waals surface area contributed by atoms with Crippen LogP contribution < -0.4 is 4.74 Å². The van der Waals surface area contributed by atoms with Crippen molar-refractivity contribution in [2.75, 3.05) is 18.6 Å². The maximum absolute atomic E-state index is 11.5. The number of aromatic nitrogens is 2. The van der Waals surface area contributed by atoms with Gasteiger partial charge in [0.05, 0.1) is 24.2 Å². The Labute approximate surface area is 123 Å². The Hall–Kier alpha value is -1.89. The molecule has 1 aliphatic rings. The minimum atomic E-state index is -2.88. The lowest BCUT2D eigenvalue weighted by molar-refractivity contribution is 0.359. The Morgan fingerprint density at radius 3 is 2.90 bits per heavy atom. The molecule has 21 heavy (non-hydrogen) atoms. The number of nitrogens with zero attached hydrogens (tertiary/aromatic N) is 2. The van der Waals surface area contributed by atoms with E-state index < -0.39 is 9.84 Å². The van der Waals surface area contributed by atoms with E-state index in [2.05, 4.69) is 10.1 Å². The molecule has 0 bridgehead atoms. The molecule has 1 aliphatic heterocycles. The summed E-state index contributed by atoms with van der Waals surface area (Å²) >= 11 is 0. The van der Waals surface area contributed by atoms with Gasteiger partial charge in [-0.3, -0.25) is 0 Å². The Kier molecular flexibility index (Phi) is 3.67.